The van der Waals surface area contributed by atoms with E-state index in [1.54, 1.807) is 16.2 Å². The van der Waals surface area contributed by atoms with E-state index in [1.807, 2.05) is 6.07 Å². The van der Waals surface area contributed by atoms with Crippen molar-refractivity contribution in [1.29, 1.82) is 0 Å². The largest absolute Gasteiger partial charge is 0.490 e. The Hall–Kier alpha value is -2.50. The first-order valence-electron chi connectivity index (χ1n) is 10.5. The summed E-state index contributed by atoms with van der Waals surface area (Å²) in [5.74, 6) is -0.0566. The number of carbonyl (C=O) groups is 1. The lowest BCUT2D eigenvalue weighted by atomic mass is 10.1. The summed E-state index contributed by atoms with van der Waals surface area (Å²) < 4.78 is 32.3. The maximum absolute atomic E-state index is 13.0. The van der Waals surface area contributed by atoms with Gasteiger partial charge in [0.2, 0.25) is 10.0 Å². The van der Waals surface area contributed by atoms with E-state index >= 15 is 0 Å². The molecule has 0 unspecified atom stereocenters. The zero-order valence-electron chi connectivity index (χ0n) is 17.8. The van der Waals surface area contributed by atoms with Crippen LogP contribution >= 0.6 is 11.3 Å². The lowest BCUT2D eigenvalue weighted by Crippen LogP contribution is -2.50. The van der Waals surface area contributed by atoms with Gasteiger partial charge in [-0.15, -0.1) is 11.3 Å². The molecule has 2 aromatic rings. The third-order valence-electron chi connectivity index (χ3n) is 5.97. The number of nitro benzene ring substituents is 1. The molecule has 0 bridgehead atoms. The van der Waals surface area contributed by atoms with Crippen molar-refractivity contribution in [3.05, 3.63) is 49.7 Å². The van der Waals surface area contributed by atoms with Crippen molar-refractivity contribution < 1.29 is 22.9 Å². The highest BCUT2D eigenvalue weighted by molar-refractivity contribution is 7.89. The molecule has 0 spiro atoms. The Morgan fingerprint density at radius 3 is 2.50 bits per heavy atom. The van der Waals surface area contributed by atoms with Gasteiger partial charge in [-0.3, -0.25) is 14.9 Å². The predicted octanol–water partition coefficient (Wildman–Crippen LogP) is 3.08. The van der Waals surface area contributed by atoms with Crippen molar-refractivity contribution >= 4 is 33.0 Å². The topological polar surface area (TPSA) is 110 Å². The molecule has 4 rings (SSSR count). The van der Waals surface area contributed by atoms with Crippen LogP contribution in [0, 0.1) is 10.1 Å². The maximum Gasteiger partial charge on any atom is 0.312 e. The number of aryl methyl sites for hydroxylation is 2. The Morgan fingerprint density at radius 1 is 1.09 bits per heavy atom. The van der Waals surface area contributed by atoms with Crippen LogP contribution in [-0.4, -0.2) is 61.7 Å². The third-order valence-corrected chi connectivity index (χ3v) is 9.09. The van der Waals surface area contributed by atoms with Crippen molar-refractivity contribution in [1.82, 2.24) is 9.21 Å². The molecule has 1 aliphatic carbocycles. The predicted molar refractivity (Wildman–Crippen MR) is 120 cm³/mol. The fourth-order valence-corrected chi connectivity index (χ4v) is 6.85. The second-order valence-corrected chi connectivity index (χ2v) is 11.0. The average molecular weight is 480 g/mol. The van der Waals surface area contributed by atoms with E-state index < -0.39 is 20.6 Å². The van der Waals surface area contributed by atoms with Crippen LogP contribution in [0.3, 0.4) is 0 Å². The summed E-state index contributed by atoms with van der Waals surface area (Å²) in [6.07, 6.45) is 5.56. The van der Waals surface area contributed by atoms with Crippen LogP contribution in [0.15, 0.2) is 29.2 Å². The van der Waals surface area contributed by atoms with Crippen LogP contribution < -0.4 is 4.74 Å². The van der Waals surface area contributed by atoms with Crippen molar-refractivity contribution in [2.75, 3.05) is 33.3 Å². The van der Waals surface area contributed by atoms with E-state index in [-0.39, 0.29) is 42.7 Å². The summed E-state index contributed by atoms with van der Waals surface area (Å²) in [4.78, 5) is 27.1. The number of hydrogen-bond acceptors (Lipinski definition) is 7. The summed E-state index contributed by atoms with van der Waals surface area (Å²) in [6, 6.07) is 5.61. The molecule has 1 fully saturated rings. The normalized spacial score (nSPS) is 17.5. The van der Waals surface area contributed by atoms with E-state index in [0.717, 1.165) is 36.6 Å². The van der Waals surface area contributed by atoms with Gasteiger partial charge in [-0.1, -0.05) is 6.42 Å². The van der Waals surface area contributed by atoms with E-state index in [9.17, 15) is 23.3 Å². The number of carbonyl (C=O) groups excluding carboxylic acids is 1. The Bertz CT molecular complexity index is 1110. The number of amides is 1. The minimum Gasteiger partial charge on any atom is -0.490 e. The number of benzene rings is 1. The van der Waals surface area contributed by atoms with Gasteiger partial charge >= 0.3 is 5.69 Å². The number of nitro groups is 1. The summed E-state index contributed by atoms with van der Waals surface area (Å²) in [6.45, 7) is 0.829. The van der Waals surface area contributed by atoms with Crippen LogP contribution in [0.4, 0.5) is 5.69 Å². The number of thiophene rings is 1. The Labute approximate surface area is 190 Å². The fourth-order valence-electron chi connectivity index (χ4n) is 4.18. The van der Waals surface area contributed by atoms with Crippen molar-refractivity contribution in [3.63, 3.8) is 0 Å². The lowest BCUT2D eigenvalue weighted by molar-refractivity contribution is -0.386. The highest BCUT2D eigenvalue weighted by Crippen LogP contribution is 2.32. The average Bonchev–Trinajstić information content (AvgIpc) is 3.08. The molecule has 2 aliphatic rings. The van der Waals surface area contributed by atoms with Crippen LogP contribution in [0.25, 0.3) is 0 Å². The molecule has 11 heteroatoms. The summed E-state index contributed by atoms with van der Waals surface area (Å²) in [5.41, 5.74) is 0.873. The number of nitrogens with zero attached hydrogens (tertiary/aromatic N) is 3. The van der Waals surface area contributed by atoms with Crippen molar-refractivity contribution in [2.24, 2.45) is 0 Å². The molecule has 9 nitrogen and oxygen atoms in total. The van der Waals surface area contributed by atoms with Crippen molar-refractivity contribution in [3.8, 4) is 5.75 Å². The summed E-state index contributed by atoms with van der Waals surface area (Å²) in [5, 5.41) is 11.3. The zero-order chi connectivity index (χ0) is 22.9. The molecule has 2 heterocycles. The van der Waals surface area contributed by atoms with Gasteiger partial charge in [0.25, 0.3) is 5.91 Å². The van der Waals surface area contributed by atoms with Gasteiger partial charge < -0.3 is 9.64 Å². The SMILES string of the molecule is COc1ccc(S(=O)(=O)N2CCN(C(=O)c3cc4c(s3)CCCCC4)CC2)cc1[N+](=O)[O-]. The van der Waals surface area contributed by atoms with E-state index in [2.05, 4.69) is 0 Å². The van der Waals surface area contributed by atoms with Gasteiger partial charge in [0, 0.05) is 37.1 Å². The number of fused-ring (bicyclic) bond motifs is 1. The molecule has 1 saturated heterocycles. The molecular weight excluding hydrogens is 454 g/mol. The van der Waals surface area contributed by atoms with E-state index in [1.165, 1.54) is 40.4 Å². The number of ether oxygens (including phenoxy) is 1. The quantitative estimate of drug-likeness (QED) is 0.370. The highest BCUT2D eigenvalue weighted by atomic mass is 32.2. The Morgan fingerprint density at radius 2 is 1.81 bits per heavy atom. The van der Waals surface area contributed by atoms with Crippen LogP contribution in [0.2, 0.25) is 0 Å². The molecule has 1 aromatic carbocycles. The first kappa shape index (κ1) is 22.7. The smallest absolute Gasteiger partial charge is 0.312 e. The minimum atomic E-state index is -3.93. The molecule has 32 heavy (non-hydrogen) atoms. The maximum atomic E-state index is 13.0. The van der Waals surface area contributed by atoms with Gasteiger partial charge in [0.05, 0.1) is 21.8 Å². The van der Waals surface area contributed by atoms with Gasteiger partial charge in [0.1, 0.15) is 0 Å². The number of rotatable bonds is 5. The summed E-state index contributed by atoms with van der Waals surface area (Å²) >= 11 is 1.56. The molecule has 1 amide bonds. The molecule has 0 radical (unpaired) electrons. The first-order valence-corrected chi connectivity index (χ1v) is 12.8. The Kier molecular flexibility index (Phi) is 6.50. The summed E-state index contributed by atoms with van der Waals surface area (Å²) in [7, 11) is -2.64. The third kappa shape index (κ3) is 4.37. The number of methoxy groups -OCH3 is 1. The van der Waals surface area contributed by atoms with E-state index in [4.69, 9.17) is 4.74 Å². The highest BCUT2D eigenvalue weighted by Gasteiger charge is 2.32. The second-order valence-electron chi connectivity index (χ2n) is 7.91. The van der Waals surface area contributed by atoms with Crippen LogP contribution in [0.1, 0.15) is 39.4 Å². The standard InChI is InChI=1S/C21H25N3O6S2/c1-30-18-8-7-16(14-17(18)24(26)27)32(28,29)23-11-9-22(10-12-23)21(25)20-13-15-5-3-2-4-6-19(15)31-20/h7-8,13-14H,2-6,9-12H2,1H3. The number of hydrogen-bond donors (Lipinski definition) is 0. The molecule has 172 valence electrons. The molecular formula is C21H25N3O6S2. The zero-order valence-corrected chi connectivity index (χ0v) is 19.4. The van der Waals surface area contributed by atoms with Gasteiger partial charge in [-0.05, 0) is 49.4 Å². The fraction of sp³-hybridized carbons (Fsp3) is 0.476. The number of sulfonamides is 1. The molecule has 0 saturated carbocycles. The van der Waals surface area contributed by atoms with Crippen LogP contribution in [0.5, 0.6) is 5.75 Å². The van der Waals surface area contributed by atoms with Gasteiger partial charge in [-0.25, -0.2) is 8.42 Å². The second kappa shape index (κ2) is 9.16. The lowest BCUT2D eigenvalue weighted by Gasteiger charge is -2.33. The molecule has 0 N–H and O–H groups in total. The molecule has 0 atom stereocenters. The Balaban J connectivity index is 1.46. The van der Waals surface area contributed by atoms with E-state index in [0.29, 0.717) is 0 Å². The molecule has 1 aromatic heterocycles. The minimum absolute atomic E-state index is 0.00119. The first-order chi connectivity index (χ1) is 15.3. The monoisotopic (exact) mass is 479 g/mol. The van der Waals surface area contributed by atoms with Crippen LogP contribution in [-0.2, 0) is 22.9 Å². The van der Waals surface area contributed by atoms with Crippen molar-refractivity contribution in [2.45, 2.75) is 37.0 Å². The molecule has 1 aliphatic heterocycles. The number of piperazine rings is 1. The van der Waals surface area contributed by atoms with Gasteiger partial charge in [0.15, 0.2) is 5.75 Å². The van der Waals surface area contributed by atoms with Gasteiger partial charge in [-0.2, -0.15) is 4.31 Å².